The molecule has 0 unspecified atom stereocenters. The summed E-state index contributed by atoms with van der Waals surface area (Å²) in [6.45, 7) is 4.04. The van der Waals surface area contributed by atoms with Crippen LogP contribution >= 0.6 is 35.8 Å². The van der Waals surface area contributed by atoms with Gasteiger partial charge in [0.05, 0.1) is 5.75 Å². The molecule has 2 aliphatic rings. The van der Waals surface area contributed by atoms with E-state index in [1.54, 1.807) is 11.8 Å². The summed E-state index contributed by atoms with van der Waals surface area (Å²) in [7, 11) is 0. The Kier molecular flexibility index (Phi) is 6.73. The van der Waals surface area contributed by atoms with Gasteiger partial charge in [-0.15, -0.1) is 24.2 Å². The Balaban J connectivity index is 0.00000196. The second-order valence-electron chi connectivity index (χ2n) is 7.02. The molecule has 0 saturated carbocycles. The lowest BCUT2D eigenvalue weighted by Crippen LogP contribution is -2.34. The average molecular weight is 411 g/mol. The zero-order chi connectivity index (χ0) is 17.2. The van der Waals surface area contributed by atoms with E-state index in [2.05, 4.69) is 28.4 Å². The molecule has 1 amide bonds. The maximum absolute atomic E-state index is 12.7. The van der Waals surface area contributed by atoms with Crippen molar-refractivity contribution in [3.8, 4) is 0 Å². The fraction of sp³-hybridized carbons (Fsp3) is 0.450. The van der Waals surface area contributed by atoms with Crippen molar-refractivity contribution in [2.45, 2.75) is 17.7 Å². The molecule has 140 valence electrons. The molecule has 1 N–H and O–H groups in total. The lowest BCUT2D eigenvalue weighted by molar-refractivity contribution is -0.128. The molecule has 2 aliphatic heterocycles. The van der Waals surface area contributed by atoms with Gasteiger partial charge in [0.2, 0.25) is 5.91 Å². The van der Waals surface area contributed by atoms with E-state index in [0.717, 1.165) is 71.5 Å². The molecule has 0 radical (unpaired) electrons. The molecule has 2 heterocycles. The molecule has 2 saturated heterocycles. The number of halogens is 2. The number of benzene rings is 2. The summed E-state index contributed by atoms with van der Waals surface area (Å²) < 4.78 is 0. The van der Waals surface area contributed by atoms with Gasteiger partial charge in [0.15, 0.2) is 0 Å². The molecular formula is C20H24Cl2N2OS. The Morgan fingerprint density at radius 3 is 2.46 bits per heavy atom. The van der Waals surface area contributed by atoms with Crippen molar-refractivity contribution in [3.63, 3.8) is 0 Å². The lowest BCUT2D eigenvalue weighted by Gasteiger charge is -2.21. The molecule has 4 rings (SSSR count). The molecule has 0 aromatic heterocycles. The summed E-state index contributed by atoms with van der Waals surface area (Å²) in [5.41, 5.74) is 0. The van der Waals surface area contributed by atoms with Gasteiger partial charge in [0.25, 0.3) is 0 Å². The largest absolute Gasteiger partial charge is 0.342 e. The van der Waals surface area contributed by atoms with Gasteiger partial charge in [-0.2, -0.15) is 0 Å². The van der Waals surface area contributed by atoms with Gasteiger partial charge in [-0.3, -0.25) is 4.79 Å². The third-order valence-corrected chi connectivity index (χ3v) is 6.90. The van der Waals surface area contributed by atoms with Crippen molar-refractivity contribution in [2.75, 3.05) is 31.9 Å². The number of carbonyl (C=O) groups excluding carboxylic acids is 1. The summed E-state index contributed by atoms with van der Waals surface area (Å²) in [5.74, 6) is 2.24. The van der Waals surface area contributed by atoms with Gasteiger partial charge in [0, 0.05) is 28.4 Å². The summed E-state index contributed by atoms with van der Waals surface area (Å²) in [6, 6.07) is 12.1. The number of likely N-dealkylation sites (tertiary alicyclic amines) is 1. The van der Waals surface area contributed by atoms with E-state index in [4.69, 9.17) is 11.6 Å². The average Bonchev–Trinajstić information content (AvgIpc) is 2.98. The van der Waals surface area contributed by atoms with E-state index < -0.39 is 0 Å². The number of fused-ring (bicyclic) bond motifs is 2. The normalized spacial score (nSPS) is 22.6. The van der Waals surface area contributed by atoms with Crippen LogP contribution in [0.4, 0.5) is 0 Å². The van der Waals surface area contributed by atoms with E-state index in [-0.39, 0.29) is 18.3 Å². The van der Waals surface area contributed by atoms with Gasteiger partial charge in [0.1, 0.15) is 0 Å². The van der Waals surface area contributed by atoms with E-state index in [9.17, 15) is 4.79 Å². The number of thioether (sulfide) groups is 1. The van der Waals surface area contributed by atoms with Crippen LogP contribution in [0.25, 0.3) is 10.8 Å². The lowest BCUT2D eigenvalue weighted by atomic mass is 9.92. The number of hydrogen-bond donors (Lipinski definition) is 1. The first-order chi connectivity index (χ1) is 12.2. The minimum Gasteiger partial charge on any atom is -0.342 e. The van der Waals surface area contributed by atoms with E-state index in [1.807, 2.05) is 18.2 Å². The number of hydrogen-bond acceptors (Lipinski definition) is 3. The summed E-state index contributed by atoms with van der Waals surface area (Å²) in [5, 5.41) is 6.42. The number of amides is 1. The van der Waals surface area contributed by atoms with Gasteiger partial charge in [-0.25, -0.2) is 0 Å². The number of nitrogens with one attached hydrogen (secondary N) is 1. The Morgan fingerprint density at radius 1 is 1.12 bits per heavy atom. The van der Waals surface area contributed by atoms with Crippen molar-refractivity contribution < 1.29 is 4.79 Å². The first kappa shape index (κ1) is 19.8. The predicted octanol–water partition coefficient (Wildman–Crippen LogP) is 4.47. The Labute approximate surface area is 170 Å². The Hall–Kier alpha value is -0.940. The fourth-order valence-electron chi connectivity index (χ4n) is 4.08. The second-order valence-corrected chi connectivity index (χ2v) is 8.44. The van der Waals surface area contributed by atoms with Crippen molar-refractivity contribution >= 4 is 52.4 Å². The van der Waals surface area contributed by atoms with Crippen LogP contribution in [0.3, 0.4) is 0 Å². The van der Waals surface area contributed by atoms with Crippen LogP contribution in [0.15, 0.2) is 41.3 Å². The first-order valence-corrected chi connectivity index (χ1v) is 10.4. The monoisotopic (exact) mass is 410 g/mol. The van der Waals surface area contributed by atoms with Crippen LogP contribution < -0.4 is 5.32 Å². The van der Waals surface area contributed by atoms with Crippen LogP contribution in [-0.2, 0) is 4.79 Å². The molecule has 26 heavy (non-hydrogen) atoms. The maximum Gasteiger partial charge on any atom is 0.232 e. The van der Waals surface area contributed by atoms with Crippen molar-refractivity contribution in [1.82, 2.24) is 10.2 Å². The molecule has 3 nitrogen and oxygen atoms in total. The zero-order valence-corrected chi connectivity index (χ0v) is 17.0. The maximum atomic E-state index is 12.7. The van der Waals surface area contributed by atoms with Crippen LogP contribution in [-0.4, -0.2) is 42.7 Å². The molecule has 0 aliphatic carbocycles. The minimum atomic E-state index is 0. The predicted molar refractivity (Wildman–Crippen MR) is 113 cm³/mol. The van der Waals surface area contributed by atoms with Crippen LogP contribution in [0.1, 0.15) is 12.8 Å². The fourth-order valence-corrected chi connectivity index (χ4v) is 5.43. The van der Waals surface area contributed by atoms with Crippen molar-refractivity contribution in [1.29, 1.82) is 0 Å². The zero-order valence-electron chi connectivity index (χ0n) is 14.6. The second kappa shape index (κ2) is 8.83. The van der Waals surface area contributed by atoms with Gasteiger partial charge >= 0.3 is 0 Å². The Morgan fingerprint density at radius 2 is 1.77 bits per heavy atom. The number of carbonyl (C=O) groups is 1. The molecule has 2 aromatic rings. The first-order valence-electron chi connectivity index (χ1n) is 9.01. The molecule has 0 spiro atoms. The van der Waals surface area contributed by atoms with Gasteiger partial charge in [-0.1, -0.05) is 35.9 Å². The molecule has 2 aromatic carbocycles. The molecular weight excluding hydrogens is 387 g/mol. The highest BCUT2D eigenvalue weighted by molar-refractivity contribution is 8.00. The molecule has 2 atom stereocenters. The minimum absolute atomic E-state index is 0. The third-order valence-electron chi connectivity index (χ3n) is 5.54. The van der Waals surface area contributed by atoms with Crippen molar-refractivity contribution in [2.24, 2.45) is 11.8 Å². The highest BCUT2D eigenvalue weighted by Gasteiger charge is 2.31. The van der Waals surface area contributed by atoms with Gasteiger partial charge < -0.3 is 10.2 Å². The highest BCUT2D eigenvalue weighted by atomic mass is 35.5. The molecule has 6 heteroatoms. The van der Waals surface area contributed by atoms with Crippen LogP contribution in [0.5, 0.6) is 0 Å². The Bertz CT molecular complexity index is 766. The number of nitrogens with zero attached hydrogens (tertiary/aromatic N) is 1. The van der Waals surface area contributed by atoms with E-state index >= 15 is 0 Å². The number of rotatable bonds is 3. The SMILES string of the molecule is Cl.O=C(CSc1cccc2cccc(Cl)c12)N1CC[C@@H]2CNC[C@@H]2CC1. The summed E-state index contributed by atoms with van der Waals surface area (Å²) >= 11 is 7.99. The summed E-state index contributed by atoms with van der Waals surface area (Å²) in [6.07, 6.45) is 2.27. The highest BCUT2D eigenvalue weighted by Crippen LogP contribution is 2.33. The molecule has 0 bridgehead atoms. The smallest absolute Gasteiger partial charge is 0.232 e. The third kappa shape index (κ3) is 4.14. The summed E-state index contributed by atoms with van der Waals surface area (Å²) in [4.78, 5) is 15.9. The topological polar surface area (TPSA) is 32.3 Å². The standard InChI is InChI=1S/C20H23ClN2OS.ClH/c21-17-5-1-3-14-4-2-6-18(20(14)17)25-13-19(24)23-9-7-15-11-22-12-16(15)8-10-23;/h1-6,15-16,22H,7-13H2;1H/t15-,16+;. The quantitative estimate of drug-likeness (QED) is 0.757. The van der Waals surface area contributed by atoms with E-state index in [0.29, 0.717) is 5.75 Å². The van der Waals surface area contributed by atoms with Crippen LogP contribution in [0, 0.1) is 11.8 Å². The van der Waals surface area contributed by atoms with Gasteiger partial charge in [-0.05, 0) is 55.3 Å². The van der Waals surface area contributed by atoms with E-state index in [1.165, 1.54) is 0 Å². The molecule has 2 fully saturated rings. The van der Waals surface area contributed by atoms with Crippen LogP contribution in [0.2, 0.25) is 5.02 Å². The van der Waals surface area contributed by atoms with Crippen molar-refractivity contribution in [3.05, 3.63) is 41.4 Å².